The fraction of sp³-hybridized carbons (Fsp3) is 0.500. The third kappa shape index (κ3) is 4.04. The summed E-state index contributed by atoms with van der Waals surface area (Å²) in [5, 5.41) is 8.90. The Morgan fingerprint density at radius 3 is 2.43 bits per heavy atom. The molecule has 0 heterocycles. The number of rotatable bonds is 7. The summed E-state index contributed by atoms with van der Waals surface area (Å²) in [6, 6.07) is 7.54. The number of amides is 1. The lowest BCUT2D eigenvalue weighted by Gasteiger charge is -2.26. The topological polar surface area (TPSA) is 66.8 Å². The number of benzene rings is 1. The van der Waals surface area contributed by atoms with Gasteiger partial charge >= 0.3 is 5.97 Å². The van der Waals surface area contributed by atoms with Crippen molar-refractivity contribution in [3.8, 4) is 0 Å². The number of carbonyl (C=O) groups excluding carboxylic acids is 1. The van der Waals surface area contributed by atoms with Crippen LogP contribution in [0.25, 0.3) is 0 Å². The van der Waals surface area contributed by atoms with Gasteiger partial charge in [-0.05, 0) is 36.5 Å². The number of carboxylic acids is 1. The number of methoxy groups -OCH3 is 1. The van der Waals surface area contributed by atoms with Crippen LogP contribution in [0.15, 0.2) is 24.3 Å². The highest BCUT2D eigenvalue weighted by molar-refractivity contribution is 5.95. The molecule has 0 unspecified atom stereocenters. The van der Waals surface area contributed by atoms with E-state index < -0.39 is 5.97 Å². The van der Waals surface area contributed by atoms with Crippen molar-refractivity contribution in [1.29, 1.82) is 0 Å². The van der Waals surface area contributed by atoms with Crippen LogP contribution in [0.1, 0.15) is 41.1 Å². The van der Waals surface area contributed by atoms with Gasteiger partial charge in [-0.15, -0.1) is 0 Å². The van der Waals surface area contributed by atoms with Crippen LogP contribution < -0.4 is 0 Å². The normalized spacial score (nSPS) is 14.5. The van der Waals surface area contributed by atoms with Gasteiger partial charge in [0.2, 0.25) is 0 Å². The molecule has 1 aromatic rings. The molecule has 0 atom stereocenters. The smallest absolute Gasteiger partial charge is 0.323 e. The van der Waals surface area contributed by atoms with Gasteiger partial charge in [-0.1, -0.05) is 18.6 Å². The van der Waals surface area contributed by atoms with E-state index in [0.717, 1.165) is 0 Å². The Balaban J connectivity index is 2.05. The summed E-state index contributed by atoms with van der Waals surface area (Å²) >= 11 is 0. The van der Waals surface area contributed by atoms with E-state index in [4.69, 9.17) is 9.84 Å². The molecular weight excluding hydrogens is 270 g/mol. The number of carboxylic acid groups (broad SMARTS) is 1. The molecule has 0 aromatic heterocycles. The van der Waals surface area contributed by atoms with Gasteiger partial charge in [0, 0.05) is 19.2 Å². The monoisotopic (exact) mass is 291 g/mol. The Labute approximate surface area is 124 Å². The fourth-order valence-electron chi connectivity index (χ4n) is 2.44. The van der Waals surface area contributed by atoms with Gasteiger partial charge < -0.3 is 14.7 Å². The van der Waals surface area contributed by atoms with E-state index >= 15 is 0 Å². The first-order chi connectivity index (χ1) is 10.1. The zero-order chi connectivity index (χ0) is 15.2. The summed E-state index contributed by atoms with van der Waals surface area (Å²) in [5.41, 5.74) is 1.79. The number of nitrogens with zero attached hydrogens (tertiary/aromatic N) is 1. The average Bonchev–Trinajstić information content (AvgIpc) is 2.41. The predicted molar refractivity (Wildman–Crippen MR) is 78.4 cm³/mol. The maximum Gasteiger partial charge on any atom is 0.323 e. The van der Waals surface area contributed by atoms with Crippen LogP contribution in [0, 0.1) is 0 Å². The second-order valence-electron chi connectivity index (χ2n) is 5.36. The minimum Gasteiger partial charge on any atom is -0.480 e. The number of aliphatic carboxylic acids is 1. The molecule has 1 saturated carbocycles. The van der Waals surface area contributed by atoms with Crippen LogP contribution in [0.5, 0.6) is 0 Å². The molecule has 1 amide bonds. The minimum atomic E-state index is -1.02. The third-order valence-electron chi connectivity index (χ3n) is 3.91. The lowest BCUT2D eigenvalue weighted by Crippen LogP contribution is -2.38. The van der Waals surface area contributed by atoms with Crippen molar-refractivity contribution in [2.24, 2.45) is 0 Å². The zero-order valence-corrected chi connectivity index (χ0v) is 12.2. The largest absolute Gasteiger partial charge is 0.480 e. The number of hydrogen-bond acceptors (Lipinski definition) is 3. The summed E-state index contributed by atoms with van der Waals surface area (Å²) in [4.78, 5) is 24.5. The van der Waals surface area contributed by atoms with Crippen molar-refractivity contribution in [2.45, 2.75) is 25.2 Å². The molecule has 1 fully saturated rings. The third-order valence-corrected chi connectivity index (χ3v) is 3.91. The van der Waals surface area contributed by atoms with Crippen LogP contribution in [0.4, 0.5) is 0 Å². The van der Waals surface area contributed by atoms with Crippen LogP contribution in [0.2, 0.25) is 0 Å². The van der Waals surface area contributed by atoms with Gasteiger partial charge in [0.25, 0.3) is 5.91 Å². The van der Waals surface area contributed by atoms with Crippen molar-refractivity contribution in [3.05, 3.63) is 35.4 Å². The van der Waals surface area contributed by atoms with E-state index in [1.807, 2.05) is 12.1 Å². The van der Waals surface area contributed by atoms with E-state index in [9.17, 15) is 9.59 Å². The quantitative estimate of drug-likeness (QED) is 0.835. The molecule has 1 aliphatic rings. The lowest BCUT2D eigenvalue weighted by molar-refractivity contribution is -0.137. The highest BCUT2D eigenvalue weighted by Crippen LogP contribution is 2.36. The Hall–Kier alpha value is -1.88. The van der Waals surface area contributed by atoms with Crippen molar-refractivity contribution in [1.82, 2.24) is 4.90 Å². The van der Waals surface area contributed by atoms with Crippen molar-refractivity contribution in [2.75, 3.05) is 26.8 Å². The molecule has 0 bridgehead atoms. The first-order valence-electron chi connectivity index (χ1n) is 7.21. The molecule has 1 N–H and O–H groups in total. The summed E-state index contributed by atoms with van der Waals surface area (Å²) in [6.07, 6.45) is 3.70. The van der Waals surface area contributed by atoms with Crippen molar-refractivity contribution >= 4 is 11.9 Å². The Morgan fingerprint density at radius 2 is 1.95 bits per heavy atom. The Kier molecular flexibility index (Phi) is 5.33. The van der Waals surface area contributed by atoms with E-state index in [-0.39, 0.29) is 19.0 Å². The first-order valence-corrected chi connectivity index (χ1v) is 7.21. The molecule has 0 spiro atoms. The van der Waals surface area contributed by atoms with E-state index in [1.54, 1.807) is 12.1 Å². The van der Waals surface area contributed by atoms with Gasteiger partial charge in [0.1, 0.15) is 6.54 Å². The van der Waals surface area contributed by atoms with E-state index in [2.05, 4.69) is 0 Å². The average molecular weight is 291 g/mol. The first kappa shape index (κ1) is 15.5. The lowest BCUT2D eigenvalue weighted by atomic mass is 9.80. The predicted octanol–water partition coefficient (Wildman–Crippen LogP) is 2.13. The molecular formula is C16H21NO4. The molecule has 21 heavy (non-hydrogen) atoms. The standard InChI is InChI=1S/C16H21NO4/c1-21-10-9-17(11-15(18)19)16(20)14-7-5-13(6-8-14)12-3-2-4-12/h5-8,12H,2-4,9-11H2,1H3,(H,18,19). The van der Waals surface area contributed by atoms with Gasteiger partial charge in [0.15, 0.2) is 0 Å². The SMILES string of the molecule is COCCN(CC(=O)O)C(=O)c1ccc(C2CCC2)cc1. The Bertz CT molecular complexity index is 494. The molecule has 2 rings (SSSR count). The highest BCUT2D eigenvalue weighted by atomic mass is 16.5. The summed E-state index contributed by atoms with van der Waals surface area (Å²) in [5.74, 6) is -0.669. The van der Waals surface area contributed by atoms with Gasteiger partial charge in [-0.25, -0.2) is 0 Å². The molecule has 1 aromatic carbocycles. The zero-order valence-electron chi connectivity index (χ0n) is 12.2. The molecule has 1 aliphatic carbocycles. The molecule has 0 saturated heterocycles. The fourth-order valence-corrected chi connectivity index (χ4v) is 2.44. The summed E-state index contributed by atoms with van der Waals surface area (Å²) in [6.45, 7) is 0.276. The number of ether oxygens (including phenoxy) is 1. The molecule has 114 valence electrons. The van der Waals surface area contributed by atoms with Gasteiger partial charge in [-0.3, -0.25) is 9.59 Å². The maximum absolute atomic E-state index is 12.4. The number of hydrogen-bond donors (Lipinski definition) is 1. The molecule has 0 aliphatic heterocycles. The minimum absolute atomic E-state index is 0.269. The van der Waals surface area contributed by atoms with Crippen LogP contribution >= 0.6 is 0 Å². The van der Waals surface area contributed by atoms with Crippen LogP contribution in [-0.4, -0.2) is 48.7 Å². The molecule has 0 radical (unpaired) electrons. The summed E-state index contributed by atoms with van der Waals surface area (Å²) in [7, 11) is 1.52. The molecule has 5 heteroatoms. The maximum atomic E-state index is 12.4. The van der Waals surface area contributed by atoms with Gasteiger partial charge in [0.05, 0.1) is 6.61 Å². The Morgan fingerprint density at radius 1 is 1.29 bits per heavy atom. The van der Waals surface area contributed by atoms with E-state index in [0.29, 0.717) is 18.1 Å². The van der Waals surface area contributed by atoms with Gasteiger partial charge in [-0.2, -0.15) is 0 Å². The second kappa shape index (κ2) is 7.22. The van der Waals surface area contributed by atoms with Crippen molar-refractivity contribution < 1.29 is 19.4 Å². The highest BCUT2D eigenvalue weighted by Gasteiger charge is 2.21. The van der Waals surface area contributed by atoms with Crippen molar-refractivity contribution in [3.63, 3.8) is 0 Å². The van der Waals surface area contributed by atoms with Crippen LogP contribution in [-0.2, 0) is 9.53 Å². The summed E-state index contributed by atoms with van der Waals surface area (Å²) < 4.78 is 4.93. The number of carbonyl (C=O) groups is 2. The molecule has 5 nitrogen and oxygen atoms in total. The second-order valence-corrected chi connectivity index (χ2v) is 5.36. The van der Waals surface area contributed by atoms with Crippen LogP contribution in [0.3, 0.4) is 0 Å². The van der Waals surface area contributed by atoms with E-state index in [1.165, 1.54) is 36.8 Å².